The first kappa shape index (κ1) is 17.7. The molecule has 5 heteroatoms. The van der Waals surface area contributed by atoms with Gasteiger partial charge in [-0.2, -0.15) is 0 Å². The van der Waals surface area contributed by atoms with Gasteiger partial charge in [0.1, 0.15) is 6.61 Å². The molecule has 1 aliphatic rings. The Balaban J connectivity index is 1.71. The van der Waals surface area contributed by atoms with E-state index in [1.54, 1.807) is 30.1 Å². The Bertz CT molecular complexity index is 504. The Morgan fingerprint density at radius 1 is 1.48 bits per heavy atom. The average Bonchev–Trinajstić information content (AvgIpc) is 2.57. The number of nitrogens with one attached hydrogen (secondary N) is 1. The molecule has 1 amide bonds. The van der Waals surface area contributed by atoms with Gasteiger partial charge in [0.05, 0.1) is 6.54 Å². The fourth-order valence-electron chi connectivity index (χ4n) is 2.94. The minimum absolute atomic E-state index is 0.125. The molecule has 1 heterocycles. The highest BCUT2D eigenvalue weighted by Gasteiger charge is 2.23. The van der Waals surface area contributed by atoms with Gasteiger partial charge in [0.2, 0.25) is 5.91 Å². The minimum atomic E-state index is -0.375. The normalized spacial score (nSPS) is 19.2. The van der Waals surface area contributed by atoms with Crippen LogP contribution in [-0.2, 0) is 4.79 Å². The number of hydrogen-bond donors (Lipinski definition) is 1. The van der Waals surface area contributed by atoms with Gasteiger partial charge in [0.25, 0.3) is 0 Å². The van der Waals surface area contributed by atoms with Crippen LogP contribution in [0.5, 0.6) is 5.75 Å². The van der Waals surface area contributed by atoms with Crippen LogP contribution in [0.2, 0.25) is 0 Å². The third-order valence-corrected chi connectivity index (χ3v) is 4.58. The monoisotopic (exact) mass is 322 g/mol. The Morgan fingerprint density at radius 3 is 2.96 bits per heavy atom. The molecule has 1 aromatic carbocycles. The number of likely N-dealkylation sites (N-methyl/N-ethyl adjacent to an activating group) is 1. The van der Waals surface area contributed by atoms with E-state index in [9.17, 15) is 9.18 Å². The van der Waals surface area contributed by atoms with Crippen molar-refractivity contribution in [3.8, 4) is 5.75 Å². The standard InChI is InChI=1S/C18H27FN2O2/c1-14(15-6-5-9-20-13-15)12-18(22)21(2)10-11-23-17-8-4-3-7-16(17)19/h3-4,7-8,14-15,20H,5-6,9-13H2,1-2H3. The lowest BCUT2D eigenvalue weighted by atomic mass is 9.85. The van der Waals surface area contributed by atoms with Crippen LogP contribution in [0.4, 0.5) is 4.39 Å². The zero-order chi connectivity index (χ0) is 16.7. The maximum absolute atomic E-state index is 13.4. The highest BCUT2D eigenvalue weighted by Crippen LogP contribution is 2.23. The van der Waals surface area contributed by atoms with E-state index in [0.717, 1.165) is 13.1 Å². The molecule has 1 fully saturated rings. The van der Waals surface area contributed by atoms with Crippen molar-refractivity contribution in [1.29, 1.82) is 0 Å². The first-order valence-corrected chi connectivity index (χ1v) is 8.40. The molecular weight excluding hydrogens is 295 g/mol. The van der Waals surface area contributed by atoms with E-state index in [4.69, 9.17) is 4.74 Å². The van der Waals surface area contributed by atoms with Crippen molar-refractivity contribution in [2.45, 2.75) is 26.2 Å². The number of ether oxygens (including phenoxy) is 1. The maximum atomic E-state index is 13.4. The van der Waals surface area contributed by atoms with Crippen LogP contribution in [-0.4, -0.2) is 44.1 Å². The topological polar surface area (TPSA) is 41.6 Å². The van der Waals surface area contributed by atoms with Gasteiger partial charge in [-0.1, -0.05) is 19.1 Å². The number of hydrogen-bond acceptors (Lipinski definition) is 3. The lowest BCUT2D eigenvalue weighted by Gasteiger charge is -2.29. The molecule has 0 saturated carbocycles. The molecule has 0 aliphatic carbocycles. The summed E-state index contributed by atoms with van der Waals surface area (Å²) in [6, 6.07) is 6.31. The van der Waals surface area contributed by atoms with E-state index in [2.05, 4.69) is 12.2 Å². The molecule has 1 saturated heterocycles. The first-order valence-electron chi connectivity index (χ1n) is 8.40. The number of nitrogens with zero attached hydrogens (tertiary/aromatic N) is 1. The number of para-hydroxylation sites is 1. The van der Waals surface area contributed by atoms with Crippen molar-refractivity contribution in [3.05, 3.63) is 30.1 Å². The summed E-state index contributed by atoms with van der Waals surface area (Å²) in [5.74, 6) is 0.941. The van der Waals surface area contributed by atoms with Crippen LogP contribution in [0, 0.1) is 17.7 Å². The molecule has 1 N–H and O–H groups in total. The molecule has 1 aromatic rings. The summed E-state index contributed by atoms with van der Waals surface area (Å²) in [7, 11) is 1.78. The number of halogens is 1. The lowest BCUT2D eigenvalue weighted by molar-refractivity contribution is -0.131. The zero-order valence-electron chi connectivity index (χ0n) is 14.1. The third kappa shape index (κ3) is 5.50. The fraction of sp³-hybridized carbons (Fsp3) is 0.611. The van der Waals surface area contributed by atoms with Gasteiger partial charge in [-0.05, 0) is 49.9 Å². The molecule has 0 bridgehead atoms. The van der Waals surface area contributed by atoms with Crippen LogP contribution in [0.1, 0.15) is 26.2 Å². The molecule has 0 aromatic heterocycles. The van der Waals surface area contributed by atoms with Crippen LogP contribution < -0.4 is 10.1 Å². The first-order chi connectivity index (χ1) is 11.1. The highest BCUT2D eigenvalue weighted by molar-refractivity contribution is 5.76. The molecular formula is C18H27FN2O2. The van der Waals surface area contributed by atoms with Crippen molar-refractivity contribution in [2.75, 3.05) is 33.3 Å². The van der Waals surface area contributed by atoms with E-state index in [1.807, 2.05) is 0 Å². The Kier molecular flexibility index (Phi) is 6.84. The largest absolute Gasteiger partial charge is 0.489 e. The maximum Gasteiger partial charge on any atom is 0.222 e. The Labute approximate surface area is 138 Å². The third-order valence-electron chi connectivity index (χ3n) is 4.58. The molecule has 2 atom stereocenters. The van der Waals surface area contributed by atoms with E-state index in [0.29, 0.717) is 31.4 Å². The van der Waals surface area contributed by atoms with Gasteiger partial charge in [0, 0.05) is 13.5 Å². The van der Waals surface area contributed by atoms with Crippen molar-refractivity contribution in [1.82, 2.24) is 10.2 Å². The quantitative estimate of drug-likeness (QED) is 0.839. The van der Waals surface area contributed by atoms with Crippen molar-refractivity contribution in [3.63, 3.8) is 0 Å². The smallest absolute Gasteiger partial charge is 0.222 e. The molecule has 1 aliphatic heterocycles. The van der Waals surface area contributed by atoms with E-state index >= 15 is 0 Å². The van der Waals surface area contributed by atoms with Crippen molar-refractivity contribution >= 4 is 5.91 Å². The van der Waals surface area contributed by atoms with Gasteiger partial charge >= 0.3 is 0 Å². The molecule has 23 heavy (non-hydrogen) atoms. The van der Waals surface area contributed by atoms with Crippen molar-refractivity contribution in [2.24, 2.45) is 11.8 Å². The number of carbonyl (C=O) groups excluding carboxylic acids is 1. The number of rotatable bonds is 7. The fourth-order valence-corrected chi connectivity index (χ4v) is 2.94. The Hall–Kier alpha value is -1.62. The average molecular weight is 322 g/mol. The van der Waals surface area contributed by atoms with Crippen LogP contribution in [0.3, 0.4) is 0 Å². The second-order valence-corrected chi connectivity index (χ2v) is 6.38. The summed E-state index contributed by atoms with van der Waals surface area (Å²) in [6.07, 6.45) is 2.94. The van der Waals surface area contributed by atoms with Crippen LogP contribution in [0.25, 0.3) is 0 Å². The number of amides is 1. The van der Waals surface area contributed by atoms with Gasteiger partial charge in [0.15, 0.2) is 11.6 Å². The molecule has 4 nitrogen and oxygen atoms in total. The summed E-state index contributed by atoms with van der Waals surface area (Å²) in [4.78, 5) is 14.0. The van der Waals surface area contributed by atoms with Gasteiger partial charge in [-0.15, -0.1) is 0 Å². The van der Waals surface area contributed by atoms with E-state index in [1.165, 1.54) is 18.9 Å². The number of benzene rings is 1. The highest BCUT2D eigenvalue weighted by atomic mass is 19.1. The second-order valence-electron chi connectivity index (χ2n) is 6.38. The zero-order valence-corrected chi connectivity index (χ0v) is 14.1. The molecule has 2 unspecified atom stereocenters. The molecule has 0 radical (unpaired) electrons. The van der Waals surface area contributed by atoms with Gasteiger partial charge in [-0.3, -0.25) is 4.79 Å². The predicted octanol–water partition coefficient (Wildman–Crippen LogP) is 2.69. The SMILES string of the molecule is CC(CC(=O)N(C)CCOc1ccccc1F)C1CCCNC1. The summed E-state index contributed by atoms with van der Waals surface area (Å²) in [5.41, 5.74) is 0. The molecule has 2 rings (SSSR count). The van der Waals surface area contributed by atoms with E-state index in [-0.39, 0.29) is 17.5 Å². The number of piperidine rings is 1. The van der Waals surface area contributed by atoms with Gasteiger partial charge < -0.3 is 15.0 Å². The molecule has 0 spiro atoms. The van der Waals surface area contributed by atoms with Crippen molar-refractivity contribution < 1.29 is 13.9 Å². The molecule has 128 valence electrons. The summed E-state index contributed by atoms with van der Waals surface area (Å²) >= 11 is 0. The predicted molar refractivity (Wildman–Crippen MR) is 88.9 cm³/mol. The Morgan fingerprint density at radius 2 is 2.26 bits per heavy atom. The summed E-state index contributed by atoms with van der Waals surface area (Å²) in [5, 5.41) is 3.40. The van der Waals surface area contributed by atoms with Crippen LogP contribution in [0.15, 0.2) is 24.3 Å². The minimum Gasteiger partial charge on any atom is -0.489 e. The van der Waals surface area contributed by atoms with Gasteiger partial charge in [-0.25, -0.2) is 4.39 Å². The summed E-state index contributed by atoms with van der Waals surface area (Å²) in [6.45, 7) is 5.00. The summed E-state index contributed by atoms with van der Waals surface area (Å²) < 4.78 is 18.8. The van der Waals surface area contributed by atoms with E-state index < -0.39 is 0 Å². The lowest BCUT2D eigenvalue weighted by Crippen LogP contribution is -2.37. The number of carbonyl (C=O) groups is 1. The van der Waals surface area contributed by atoms with Crippen LogP contribution >= 0.6 is 0 Å². The second kappa shape index (κ2) is 8.87.